The van der Waals surface area contributed by atoms with Crippen LogP contribution in [0.4, 0.5) is 0 Å². The number of carbonyl (C=O) groups excluding carboxylic acids is 2. The van der Waals surface area contributed by atoms with E-state index in [0.29, 0.717) is 25.9 Å². The maximum Gasteiger partial charge on any atom is 0.271 e. The van der Waals surface area contributed by atoms with E-state index in [0.717, 1.165) is 19.3 Å². The fourth-order valence-electron chi connectivity index (χ4n) is 2.70. The van der Waals surface area contributed by atoms with Crippen molar-refractivity contribution in [2.45, 2.75) is 44.2 Å². The highest BCUT2D eigenvalue weighted by molar-refractivity contribution is 5.91. The Morgan fingerprint density at radius 2 is 2.29 bits per heavy atom. The summed E-state index contributed by atoms with van der Waals surface area (Å²) >= 11 is 0. The van der Waals surface area contributed by atoms with Gasteiger partial charge in [0.05, 0.1) is 18.3 Å². The molecule has 3 N–H and O–H groups in total. The summed E-state index contributed by atoms with van der Waals surface area (Å²) in [4.78, 5) is 33.3. The van der Waals surface area contributed by atoms with Crippen LogP contribution in [0, 0.1) is 11.3 Å². The zero-order valence-corrected chi connectivity index (χ0v) is 13.5. The summed E-state index contributed by atoms with van der Waals surface area (Å²) in [5.74, 6) is -0.417. The van der Waals surface area contributed by atoms with Crippen molar-refractivity contribution in [2.75, 3.05) is 13.1 Å². The Labute approximate surface area is 141 Å². The van der Waals surface area contributed by atoms with E-state index in [1.165, 1.54) is 18.6 Å². The molecule has 2 heterocycles. The summed E-state index contributed by atoms with van der Waals surface area (Å²) in [5, 5.41) is 11.8. The van der Waals surface area contributed by atoms with E-state index in [4.69, 9.17) is 11.0 Å². The molecule has 2 rings (SSSR count). The smallest absolute Gasteiger partial charge is 0.271 e. The van der Waals surface area contributed by atoms with Gasteiger partial charge in [0.25, 0.3) is 5.91 Å². The Morgan fingerprint density at radius 3 is 3.00 bits per heavy atom. The topological polar surface area (TPSA) is 125 Å². The number of carbonyl (C=O) groups is 2. The van der Waals surface area contributed by atoms with Crippen LogP contribution in [0.1, 0.15) is 42.6 Å². The van der Waals surface area contributed by atoms with Gasteiger partial charge in [-0.25, -0.2) is 4.98 Å². The number of unbranched alkanes of at least 4 members (excludes halogenated alkanes) is 1. The van der Waals surface area contributed by atoms with Gasteiger partial charge in [-0.15, -0.1) is 0 Å². The number of hydrogen-bond donors (Lipinski definition) is 2. The molecule has 1 aromatic heterocycles. The monoisotopic (exact) mass is 330 g/mol. The van der Waals surface area contributed by atoms with Gasteiger partial charge in [-0.2, -0.15) is 5.26 Å². The van der Waals surface area contributed by atoms with Gasteiger partial charge in [0.15, 0.2) is 0 Å². The first-order chi connectivity index (χ1) is 11.6. The van der Waals surface area contributed by atoms with Crippen molar-refractivity contribution in [2.24, 2.45) is 5.73 Å². The molecule has 0 bridgehead atoms. The molecule has 0 spiro atoms. The van der Waals surface area contributed by atoms with Crippen LogP contribution >= 0.6 is 0 Å². The van der Waals surface area contributed by atoms with Crippen LogP contribution in [0.5, 0.6) is 0 Å². The van der Waals surface area contributed by atoms with Gasteiger partial charge in [-0.3, -0.25) is 14.6 Å². The Morgan fingerprint density at radius 1 is 1.46 bits per heavy atom. The van der Waals surface area contributed by atoms with E-state index in [1.54, 1.807) is 4.90 Å². The van der Waals surface area contributed by atoms with E-state index >= 15 is 0 Å². The van der Waals surface area contributed by atoms with Crippen molar-refractivity contribution < 1.29 is 9.59 Å². The van der Waals surface area contributed by atoms with Crippen LogP contribution in [0.15, 0.2) is 18.6 Å². The first-order valence-corrected chi connectivity index (χ1v) is 8.13. The third-order valence-electron chi connectivity index (χ3n) is 4.03. The van der Waals surface area contributed by atoms with Gasteiger partial charge in [0.1, 0.15) is 11.7 Å². The molecule has 0 saturated carbocycles. The first-order valence-electron chi connectivity index (χ1n) is 8.13. The lowest BCUT2D eigenvalue weighted by Crippen LogP contribution is -2.45. The van der Waals surface area contributed by atoms with Crippen molar-refractivity contribution in [3.63, 3.8) is 0 Å². The molecule has 1 aliphatic rings. The minimum absolute atomic E-state index is 0.150. The molecule has 2 unspecified atom stereocenters. The van der Waals surface area contributed by atoms with Crippen LogP contribution in [-0.2, 0) is 4.79 Å². The van der Waals surface area contributed by atoms with Crippen molar-refractivity contribution in [1.82, 2.24) is 20.2 Å². The summed E-state index contributed by atoms with van der Waals surface area (Å²) < 4.78 is 0. The maximum atomic E-state index is 12.2. The number of amides is 2. The van der Waals surface area contributed by atoms with Gasteiger partial charge in [0.2, 0.25) is 5.91 Å². The van der Waals surface area contributed by atoms with Gasteiger partial charge in [0, 0.05) is 25.5 Å². The van der Waals surface area contributed by atoms with Crippen molar-refractivity contribution in [1.29, 1.82) is 5.26 Å². The second-order valence-corrected chi connectivity index (χ2v) is 5.77. The highest BCUT2D eigenvalue weighted by Gasteiger charge is 2.31. The number of likely N-dealkylation sites (tertiary alicyclic amines) is 1. The van der Waals surface area contributed by atoms with E-state index in [-0.39, 0.29) is 23.6 Å². The summed E-state index contributed by atoms with van der Waals surface area (Å²) in [6.45, 7) is 1.10. The zero-order chi connectivity index (χ0) is 17.4. The average Bonchev–Trinajstić information content (AvgIpc) is 3.09. The lowest BCUT2D eigenvalue weighted by Gasteiger charge is -2.23. The molecule has 8 nitrogen and oxygen atoms in total. The Bertz CT molecular complexity index is 600. The van der Waals surface area contributed by atoms with Crippen LogP contribution in [0.25, 0.3) is 0 Å². The Hall–Kier alpha value is -2.53. The summed E-state index contributed by atoms with van der Waals surface area (Å²) in [7, 11) is 0. The number of rotatable bonds is 7. The van der Waals surface area contributed by atoms with Crippen molar-refractivity contribution in [3.8, 4) is 6.07 Å². The quantitative estimate of drug-likeness (QED) is 0.689. The van der Waals surface area contributed by atoms with E-state index in [2.05, 4.69) is 21.4 Å². The summed E-state index contributed by atoms with van der Waals surface area (Å²) in [6, 6.07) is 1.22. The molecule has 1 saturated heterocycles. The number of hydrogen-bond acceptors (Lipinski definition) is 6. The standard InChI is InChI=1S/C16H22N6O2/c17-10-12-4-3-9-22(12)16(24)13(18)5-1-2-6-21-15(23)14-11-19-7-8-20-14/h7-8,11-13H,1-6,9,18H2,(H,21,23). The average molecular weight is 330 g/mol. The van der Waals surface area contributed by atoms with Crippen molar-refractivity contribution >= 4 is 11.8 Å². The summed E-state index contributed by atoms with van der Waals surface area (Å²) in [5.41, 5.74) is 6.22. The molecule has 0 aliphatic carbocycles. The maximum absolute atomic E-state index is 12.2. The predicted molar refractivity (Wildman–Crippen MR) is 86.5 cm³/mol. The molecule has 24 heavy (non-hydrogen) atoms. The molecular formula is C16H22N6O2. The second-order valence-electron chi connectivity index (χ2n) is 5.77. The lowest BCUT2D eigenvalue weighted by molar-refractivity contribution is -0.132. The second kappa shape index (κ2) is 8.93. The van der Waals surface area contributed by atoms with Crippen molar-refractivity contribution in [3.05, 3.63) is 24.3 Å². The van der Waals surface area contributed by atoms with E-state index in [9.17, 15) is 9.59 Å². The molecule has 2 atom stereocenters. The normalized spacial score (nSPS) is 18.0. The Kier molecular flexibility index (Phi) is 6.63. The third-order valence-corrected chi connectivity index (χ3v) is 4.03. The highest BCUT2D eigenvalue weighted by Crippen LogP contribution is 2.18. The molecule has 1 aliphatic heterocycles. The molecule has 128 valence electrons. The first kappa shape index (κ1) is 17.8. The minimum atomic E-state index is -0.588. The fraction of sp³-hybridized carbons (Fsp3) is 0.562. The van der Waals surface area contributed by atoms with Gasteiger partial charge in [-0.05, 0) is 32.1 Å². The number of nitrogens with one attached hydrogen (secondary N) is 1. The van der Waals surface area contributed by atoms with Crippen LogP contribution in [0.2, 0.25) is 0 Å². The third kappa shape index (κ3) is 4.73. The highest BCUT2D eigenvalue weighted by atomic mass is 16.2. The minimum Gasteiger partial charge on any atom is -0.351 e. The van der Waals surface area contributed by atoms with Gasteiger partial charge < -0.3 is 16.0 Å². The molecule has 1 aromatic rings. The number of nitrogens with zero attached hydrogens (tertiary/aromatic N) is 4. The van der Waals surface area contributed by atoms with Crippen LogP contribution in [-0.4, -0.2) is 51.9 Å². The molecule has 8 heteroatoms. The molecule has 0 aromatic carbocycles. The van der Waals surface area contributed by atoms with E-state index < -0.39 is 6.04 Å². The number of nitrogens with two attached hydrogens (primary N) is 1. The zero-order valence-electron chi connectivity index (χ0n) is 13.5. The van der Waals surface area contributed by atoms with Crippen LogP contribution < -0.4 is 11.1 Å². The fourth-order valence-corrected chi connectivity index (χ4v) is 2.70. The molecule has 1 fully saturated rings. The lowest BCUT2D eigenvalue weighted by atomic mass is 10.1. The van der Waals surface area contributed by atoms with Gasteiger partial charge in [-0.1, -0.05) is 0 Å². The number of nitriles is 1. The molecule has 0 radical (unpaired) electrons. The van der Waals surface area contributed by atoms with E-state index in [1.807, 2.05) is 0 Å². The predicted octanol–water partition coefficient (Wildman–Crippen LogP) is 0.219. The van der Waals surface area contributed by atoms with Gasteiger partial charge >= 0.3 is 0 Å². The molecule has 2 amide bonds. The largest absolute Gasteiger partial charge is 0.351 e. The summed E-state index contributed by atoms with van der Waals surface area (Å²) in [6.07, 6.45) is 7.93. The Balaban J connectivity index is 1.64. The number of aromatic nitrogens is 2. The molecular weight excluding hydrogens is 308 g/mol. The SMILES string of the molecule is N#CC1CCCN1C(=O)C(N)CCCCNC(=O)c1cnccn1. The van der Waals surface area contributed by atoms with Crippen LogP contribution in [0.3, 0.4) is 0 Å².